The van der Waals surface area contributed by atoms with Gasteiger partial charge in [0.15, 0.2) is 15.9 Å². The average Bonchev–Trinajstić information content (AvgIpc) is 3.21. The van der Waals surface area contributed by atoms with Crippen LogP contribution in [0, 0.1) is 0 Å². The quantitative estimate of drug-likeness (QED) is 0.360. The molecule has 0 radical (unpaired) electrons. The number of sulfone groups is 1. The molecule has 0 amide bonds. The summed E-state index contributed by atoms with van der Waals surface area (Å²) in [4.78, 5) is 29.3. The van der Waals surface area contributed by atoms with Gasteiger partial charge in [0.1, 0.15) is 0 Å². The standard InChI is InChI=1S/C24H19NO5S/c1-31(28,29)18-13-11-17(12-14-18)24(27)30-23(16-7-3-2-4-8-16)22(26)20-15-25-21-10-6-5-9-19(20)21/h2-15,23,25H,1H3/t23-/m0/s1. The van der Waals surface area contributed by atoms with Gasteiger partial charge in [-0.2, -0.15) is 0 Å². The number of carbonyl (C=O) groups excluding carboxylic acids is 2. The van der Waals surface area contributed by atoms with Crippen LogP contribution in [0.15, 0.2) is 90.0 Å². The molecular weight excluding hydrogens is 414 g/mol. The first kappa shape index (κ1) is 20.6. The highest BCUT2D eigenvalue weighted by Gasteiger charge is 2.28. The third kappa shape index (κ3) is 4.27. The van der Waals surface area contributed by atoms with E-state index in [-0.39, 0.29) is 16.2 Å². The number of esters is 1. The lowest BCUT2D eigenvalue weighted by molar-refractivity contribution is 0.0280. The van der Waals surface area contributed by atoms with Crippen molar-refractivity contribution in [3.05, 3.63) is 102 Å². The van der Waals surface area contributed by atoms with E-state index in [2.05, 4.69) is 4.98 Å². The summed E-state index contributed by atoms with van der Waals surface area (Å²) in [6.45, 7) is 0. The number of ether oxygens (including phenoxy) is 1. The minimum absolute atomic E-state index is 0.0959. The molecule has 0 unspecified atom stereocenters. The van der Waals surface area contributed by atoms with Gasteiger partial charge in [0.05, 0.1) is 10.5 Å². The van der Waals surface area contributed by atoms with Crippen LogP contribution >= 0.6 is 0 Å². The van der Waals surface area contributed by atoms with Crippen LogP contribution in [0.4, 0.5) is 0 Å². The zero-order valence-electron chi connectivity index (χ0n) is 16.6. The zero-order chi connectivity index (χ0) is 22.0. The van der Waals surface area contributed by atoms with Gasteiger partial charge in [-0.1, -0.05) is 48.5 Å². The van der Waals surface area contributed by atoms with Crippen LogP contribution in [0.1, 0.15) is 32.4 Å². The second-order valence-corrected chi connectivity index (χ2v) is 9.12. The Hall–Kier alpha value is -3.71. The van der Waals surface area contributed by atoms with Gasteiger partial charge in [-0.15, -0.1) is 0 Å². The summed E-state index contributed by atoms with van der Waals surface area (Å²) in [5, 5.41) is 0.738. The lowest BCUT2D eigenvalue weighted by Crippen LogP contribution is -2.20. The van der Waals surface area contributed by atoms with Gasteiger partial charge in [0.25, 0.3) is 0 Å². The number of ketones is 1. The number of rotatable bonds is 6. The van der Waals surface area contributed by atoms with E-state index in [1.165, 1.54) is 24.3 Å². The van der Waals surface area contributed by atoms with E-state index in [0.717, 1.165) is 17.2 Å². The average molecular weight is 433 g/mol. The van der Waals surface area contributed by atoms with E-state index in [0.29, 0.717) is 11.1 Å². The molecular formula is C24H19NO5S. The van der Waals surface area contributed by atoms with Gasteiger partial charge in [-0.25, -0.2) is 13.2 Å². The Balaban J connectivity index is 1.68. The number of aromatic amines is 1. The van der Waals surface area contributed by atoms with Crippen LogP contribution < -0.4 is 0 Å². The van der Waals surface area contributed by atoms with Crippen LogP contribution in [0.2, 0.25) is 0 Å². The minimum Gasteiger partial charge on any atom is -0.445 e. The molecule has 1 aromatic heterocycles. The smallest absolute Gasteiger partial charge is 0.339 e. The number of H-pyrrole nitrogens is 1. The van der Waals surface area contributed by atoms with Crippen molar-refractivity contribution in [3.8, 4) is 0 Å². The Labute approximate surface area is 179 Å². The fourth-order valence-corrected chi connectivity index (χ4v) is 3.96. The van der Waals surface area contributed by atoms with Crippen molar-refractivity contribution in [2.75, 3.05) is 6.26 Å². The number of aromatic nitrogens is 1. The number of hydrogen-bond donors (Lipinski definition) is 1. The lowest BCUT2D eigenvalue weighted by Gasteiger charge is -2.17. The first-order valence-corrected chi connectivity index (χ1v) is 11.4. The highest BCUT2D eigenvalue weighted by molar-refractivity contribution is 7.90. The summed E-state index contributed by atoms with van der Waals surface area (Å²) in [7, 11) is -3.38. The maximum atomic E-state index is 13.4. The number of carbonyl (C=O) groups is 2. The molecule has 0 saturated carbocycles. The predicted octanol–water partition coefficient (Wildman–Crippen LogP) is 4.35. The number of para-hydroxylation sites is 1. The van der Waals surface area contributed by atoms with Gasteiger partial charge in [-0.05, 0) is 30.3 Å². The van der Waals surface area contributed by atoms with Crippen molar-refractivity contribution in [2.24, 2.45) is 0 Å². The van der Waals surface area contributed by atoms with Crippen molar-refractivity contribution < 1.29 is 22.7 Å². The maximum absolute atomic E-state index is 13.4. The number of hydrogen-bond acceptors (Lipinski definition) is 5. The summed E-state index contributed by atoms with van der Waals surface area (Å²) in [6, 6.07) is 21.6. The van der Waals surface area contributed by atoms with Crippen molar-refractivity contribution in [2.45, 2.75) is 11.0 Å². The molecule has 4 aromatic rings. The van der Waals surface area contributed by atoms with Gasteiger partial charge in [0.2, 0.25) is 5.78 Å². The Morgan fingerprint density at radius 3 is 2.19 bits per heavy atom. The Morgan fingerprint density at radius 2 is 1.52 bits per heavy atom. The van der Waals surface area contributed by atoms with E-state index in [1.54, 1.807) is 30.5 Å². The van der Waals surface area contributed by atoms with E-state index in [9.17, 15) is 18.0 Å². The molecule has 0 aliphatic carbocycles. The second kappa shape index (κ2) is 8.20. The molecule has 1 atom stereocenters. The number of nitrogens with one attached hydrogen (secondary N) is 1. The highest BCUT2D eigenvalue weighted by Crippen LogP contribution is 2.28. The molecule has 1 heterocycles. The fraction of sp³-hybridized carbons (Fsp3) is 0.0833. The van der Waals surface area contributed by atoms with Crippen LogP contribution in [-0.2, 0) is 14.6 Å². The van der Waals surface area contributed by atoms with Crippen LogP contribution in [-0.4, -0.2) is 31.4 Å². The van der Waals surface area contributed by atoms with Crippen molar-refractivity contribution >= 4 is 32.5 Å². The summed E-state index contributed by atoms with van der Waals surface area (Å²) < 4.78 is 28.9. The zero-order valence-corrected chi connectivity index (χ0v) is 17.4. The summed E-state index contributed by atoms with van der Waals surface area (Å²) in [5.74, 6) is -1.08. The molecule has 0 fully saturated rings. The fourth-order valence-electron chi connectivity index (χ4n) is 3.33. The molecule has 156 valence electrons. The van der Waals surface area contributed by atoms with E-state index in [4.69, 9.17) is 4.74 Å². The molecule has 0 saturated heterocycles. The number of Topliss-reactive ketones (excluding diaryl/α,β-unsaturated/α-hetero) is 1. The molecule has 1 N–H and O–H groups in total. The van der Waals surface area contributed by atoms with E-state index < -0.39 is 21.9 Å². The van der Waals surface area contributed by atoms with E-state index >= 15 is 0 Å². The molecule has 0 bridgehead atoms. The molecule has 0 aliphatic rings. The Kier molecular flexibility index (Phi) is 5.44. The summed E-state index contributed by atoms with van der Waals surface area (Å²) in [6.07, 6.45) is 1.55. The summed E-state index contributed by atoms with van der Waals surface area (Å²) >= 11 is 0. The van der Waals surface area contributed by atoms with Crippen molar-refractivity contribution in [1.29, 1.82) is 0 Å². The Morgan fingerprint density at radius 1 is 0.871 bits per heavy atom. The second-order valence-electron chi connectivity index (χ2n) is 7.10. The third-order valence-corrected chi connectivity index (χ3v) is 6.07. The number of benzene rings is 3. The lowest BCUT2D eigenvalue weighted by atomic mass is 9.99. The van der Waals surface area contributed by atoms with Crippen LogP contribution in [0.3, 0.4) is 0 Å². The monoisotopic (exact) mass is 433 g/mol. The molecule has 6 nitrogen and oxygen atoms in total. The topological polar surface area (TPSA) is 93.3 Å². The largest absolute Gasteiger partial charge is 0.445 e. The predicted molar refractivity (Wildman–Crippen MR) is 117 cm³/mol. The van der Waals surface area contributed by atoms with Gasteiger partial charge in [-0.3, -0.25) is 4.79 Å². The molecule has 3 aromatic carbocycles. The Bertz CT molecular complexity index is 1360. The van der Waals surface area contributed by atoms with Crippen LogP contribution in [0.25, 0.3) is 10.9 Å². The van der Waals surface area contributed by atoms with Crippen LogP contribution in [0.5, 0.6) is 0 Å². The van der Waals surface area contributed by atoms with Gasteiger partial charge < -0.3 is 9.72 Å². The molecule has 31 heavy (non-hydrogen) atoms. The molecule has 0 spiro atoms. The SMILES string of the molecule is CS(=O)(=O)c1ccc(C(=O)O[C@H](C(=O)c2c[nH]c3ccccc23)c2ccccc2)cc1. The normalized spacial score (nSPS) is 12.4. The van der Waals surface area contributed by atoms with Gasteiger partial charge >= 0.3 is 5.97 Å². The van der Waals surface area contributed by atoms with Gasteiger partial charge in [0, 0.05) is 34.5 Å². The maximum Gasteiger partial charge on any atom is 0.339 e. The first-order valence-electron chi connectivity index (χ1n) is 9.51. The third-order valence-electron chi connectivity index (χ3n) is 4.94. The van der Waals surface area contributed by atoms with E-state index in [1.807, 2.05) is 30.3 Å². The number of fused-ring (bicyclic) bond motifs is 1. The summed E-state index contributed by atoms with van der Waals surface area (Å²) in [5.41, 5.74) is 1.92. The van der Waals surface area contributed by atoms with Crippen molar-refractivity contribution in [1.82, 2.24) is 4.98 Å². The molecule has 0 aliphatic heterocycles. The van der Waals surface area contributed by atoms with Crippen molar-refractivity contribution in [3.63, 3.8) is 0 Å². The highest BCUT2D eigenvalue weighted by atomic mass is 32.2. The first-order chi connectivity index (χ1) is 14.8. The molecule has 7 heteroatoms. The minimum atomic E-state index is -3.38. The molecule has 4 rings (SSSR count).